The van der Waals surface area contributed by atoms with Crippen LogP contribution in [-0.4, -0.2) is 27.2 Å². The molecule has 1 aromatic carbocycles. The highest BCUT2D eigenvalue weighted by atomic mass is 32.2. The van der Waals surface area contributed by atoms with E-state index in [1.807, 2.05) is 13.8 Å². The summed E-state index contributed by atoms with van der Waals surface area (Å²) in [6, 6.07) is 4.96. The van der Waals surface area contributed by atoms with Crippen molar-refractivity contribution in [2.24, 2.45) is 0 Å². The molecule has 1 aliphatic rings. The first-order chi connectivity index (χ1) is 9.42. The van der Waals surface area contributed by atoms with Crippen LogP contribution >= 0.6 is 0 Å². The summed E-state index contributed by atoms with van der Waals surface area (Å²) in [5, 5.41) is 0. The van der Waals surface area contributed by atoms with E-state index >= 15 is 0 Å². The number of aryl methyl sites for hydroxylation is 1. The van der Waals surface area contributed by atoms with Crippen molar-refractivity contribution in [1.29, 1.82) is 0 Å². The van der Waals surface area contributed by atoms with Gasteiger partial charge in [-0.25, -0.2) is 13.1 Å². The van der Waals surface area contributed by atoms with Gasteiger partial charge in [-0.1, -0.05) is 13.0 Å². The smallest absolute Gasteiger partial charge is 0.241 e. The summed E-state index contributed by atoms with van der Waals surface area (Å²) >= 11 is 0. The number of benzene rings is 1. The van der Waals surface area contributed by atoms with Crippen LogP contribution in [-0.2, 0) is 21.2 Å². The van der Waals surface area contributed by atoms with Crippen molar-refractivity contribution in [1.82, 2.24) is 4.72 Å². The maximum atomic E-state index is 12.5. The fourth-order valence-electron chi connectivity index (χ4n) is 2.50. The fourth-order valence-corrected chi connectivity index (χ4v) is 4.13. The van der Waals surface area contributed by atoms with Crippen LogP contribution in [0.4, 0.5) is 5.69 Å². The monoisotopic (exact) mass is 298 g/mol. The molecule has 1 fully saturated rings. The van der Waals surface area contributed by atoms with Gasteiger partial charge in [0.25, 0.3) is 0 Å². The lowest BCUT2D eigenvalue weighted by atomic mass is 10.1. The van der Waals surface area contributed by atoms with Crippen molar-refractivity contribution in [3.05, 3.63) is 23.8 Å². The van der Waals surface area contributed by atoms with Crippen molar-refractivity contribution < 1.29 is 13.2 Å². The minimum absolute atomic E-state index is 0.0742. The highest BCUT2D eigenvalue weighted by Crippen LogP contribution is 2.22. The Bertz CT molecular complexity index is 572. The normalized spacial score (nSPS) is 23.7. The second-order valence-electron chi connectivity index (χ2n) is 5.24. The zero-order valence-corrected chi connectivity index (χ0v) is 12.7. The molecule has 2 unspecified atom stereocenters. The van der Waals surface area contributed by atoms with Gasteiger partial charge < -0.3 is 10.5 Å². The average molecular weight is 298 g/mol. The summed E-state index contributed by atoms with van der Waals surface area (Å²) in [5.41, 5.74) is 6.97. The van der Waals surface area contributed by atoms with E-state index in [0.29, 0.717) is 36.5 Å². The Kier molecular flexibility index (Phi) is 4.67. The third-order valence-electron chi connectivity index (χ3n) is 3.57. The third kappa shape index (κ3) is 3.50. The van der Waals surface area contributed by atoms with E-state index in [1.54, 1.807) is 12.1 Å². The zero-order chi connectivity index (χ0) is 14.8. The van der Waals surface area contributed by atoms with Crippen molar-refractivity contribution in [3.8, 4) is 0 Å². The lowest BCUT2D eigenvalue weighted by molar-refractivity contribution is 0.0173. The van der Waals surface area contributed by atoms with Gasteiger partial charge in [-0.15, -0.1) is 0 Å². The molecule has 2 rings (SSSR count). The average Bonchev–Trinajstić information content (AvgIpc) is 2.38. The molecule has 3 N–H and O–H groups in total. The van der Waals surface area contributed by atoms with Crippen LogP contribution in [0.15, 0.2) is 23.1 Å². The van der Waals surface area contributed by atoms with Crippen LogP contribution in [0.3, 0.4) is 0 Å². The van der Waals surface area contributed by atoms with E-state index in [-0.39, 0.29) is 12.1 Å². The van der Waals surface area contributed by atoms with Crippen LogP contribution in [0.5, 0.6) is 0 Å². The molecular weight excluding hydrogens is 276 g/mol. The quantitative estimate of drug-likeness (QED) is 0.829. The number of nitrogens with two attached hydrogens (primary N) is 1. The standard InChI is InChI=1S/C14H22N2O3S/c1-3-11-4-5-12(15)9-14(11)20(17,18)16-13-6-7-19-10(2)8-13/h4-5,9-10,13,16H,3,6-8,15H2,1-2H3. The van der Waals surface area contributed by atoms with Gasteiger partial charge in [-0.3, -0.25) is 0 Å². The fraction of sp³-hybridized carbons (Fsp3) is 0.571. The second-order valence-corrected chi connectivity index (χ2v) is 6.93. The number of hydrogen-bond acceptors (Lipinski definition) is 4. The van der Waals surface area contributed by atoms with E-state index in [4.69, 9.17) is 10.5 Å². The maximum Gasteiger partial charge on any atom is 0.241 e. The van der Waals surface area contributed by atoms with E-state index in [9.17, 15) is 8.42 Å². The first-order valence-electron chi connectivity index (χ1n) is 6.94. The predicted molar refractivity (Wildman–Crippen MR) is 79.0 cm³/mol. The molecule has 0 radical (unpaired) electrons. The summed E-state index contributed by atoms with van der Waals surface area (Å²) in [6.07, 6.45) is 2.14. The molecule has 1 heterocycles. The first-order valence-corrected chi connectivity index (χ1v) is 8.43. The van der Waals surface area contributed by atoms with Crippen molar-refractivity contribution >= 4 is 15.7 Å². The maximum absolute atomic E-state index is 12.5. The lowest BCUT2D eigenvalue weighted by Gasteiger charge is -2.28. The summed E-state index contributed by atoms with van der Waals surface area (Å²) < 4.78 is 33.3. The van der Waals surface area contributed by atoms with E-state index in [0.717, 1.165) is 5.56 Å². The molecular formula is C14H22N2O3S. The molecule has 6 heteroatoms. The Labute approximate surface area is 120 Å². The van der Waals surface area contributed by atoms with Crippen LogP contribution in [0, 0.1) is 0 Å². The van der Waals surface area contributed by atoms with Crippen molar-refractivity contribution in [2.75, 3.05) is 12.3 Å². The van der Waals surface area contributed by atoms with Gasteiger partial charge in [0.15, 0.2) is 0 Å². The first kappa shape index (κ1) is 15.3. The van der Waals surface area contributed by atoms with Gasteiger partial charge in [-0.05, 0) is 43.9 Å². The van der Waals surface area contributed by atoms with Gasteiger partial charge >= 0.3 is 0 Å². The van der Waals surface area contributed by atoms with Crippen molar-refractivity contribution in [3.63, 3.8) is 0 Å². The van der Waals surface area contributed by atoms with Gasteiger partial charge in [0.2, 0.25) is 10.0 Å². The third-order valence-corrected chi connectivity index (χ3v) is 5.17. The SMILES string of the molecule is CCc1ccc(N)cc1S(=O)(=O)NC1CCOC(C)C1. The molecule has 0 saturated carbocycles. The highest BCUT2D eigenvalue weighted by Gasteiger charge is 2.26. The Hall–Kier alpha value is -1.11. The molecule has 0 amide bonds. The molecule has 0 aromatic heterocycles. The molecule has 2 atom stereocenters. The van der Waals surface area contributed by atoms with Crippen LogP contribution < -0.4 is 10.5 Å². The number of nitrogen functional groups attached to an aromatic ring is 1. The van der Waals surface area contributed by atoms with Gasteiger partial charge in [0, 0.05) is 18.3 Å². The largest absolute Gasteiger partial charge is 0.399 e. The molecule has 1 aliphatic heterocycles. The molecule has 20 heavy (non-hydrogen) atoms. The van der Waals surface area contributed by atoms with Crippen LogP contribution in [0.25, 0.3) is 0 Å². The Morgan fingerprint density at radius 2 is 2.20 bits per heavy atom. The summed E-state index contributed by atoms with van der Waals surface area (Å²) in [5.74, 6) is 0. The molecule has 5 nitrogen and oxygen atoms in total. The molecule has 1 aromatic rings. The predicted octanol–water partition coefficient (Wildman–Crippen LogP) is 1.68. The van der Waals surface area contributed by atoms with Gasteiger partial charge in [0.05, 0.1) is 11.0 Å². The van der Waals surface area contributed by atoms with Gasteiger partial charge in [0.1, 0.15) is 0 Å². The van der Waals surface area contributed by atoms with Crippen LogP contribution in [0.2, 0.25) is 0 Å². The molecule has 0 bridgehead atoms. The van der Waals surface area contributed by atoms with E-state index in [2.05, 4.69) is 4.72 Å². The number of sulfonamides is 1. The number of nitrogens with one attached hydrogen (secondary N) is 1. The minimum atomic E-state index is -3.53. The topological polar surface area (TPSA) is 81.4 Å². The number of ether oxygens (including phenoxy) is 1. The number of hydrogen-bond donors (Lipinski definition) is 2. The van der Waals surface area contributed by atoms with Gasteiger partial charge in [-0.2, -0.15) is 0 Å². The Morgan fingerprint density at radius 1 is 1.45 bits per heavy atom. The Balaban J connectivity index is 2.24. The number of anilines is 1. The second kappa shape index (κ2) is 6.11. The molecule has 112 valence electrons. The molecule has 1 saturated heterocycles. The number of rotatable bonds is 4. The molecule has 0 aliphatic carbocycles. The summed E-state index contributed by atoms with van der Waals surface area (Å²) in [6.45, 7) is 4.48. The summed E-state index contributed by atoms with van der Waals surface area (Å²) in [7, 11) is -3.53. The van der Waals surface area contributed by atoms with Crippen molar-refractivity contribution in [2.45, 2.75) is 50.2 Å². The summed E-state index contributed by atoms with van der Waals surface area (Å²) in [4.78, 5) is 0.291. The molecule has 0 spiro atoms. The lowest BCUT2D eigenvalue weighted by Crippen LogP contribution is -2.41. The van der Waals surface area contributed by atoms with E-state index < -0.39 is 10.0 Å². The Morgan fingerprint density at radius 3 is 2.85 bits per heavy atom. The minimum Gasteiger partial charge on any atom is -0.399 e. The van der Waals surface area contributed by atoms with Crippen LogP contribution in [0.1, 0.15) is 32.3 Å². The van der Waals surface area contributed by atoms with E-state index in [1.165, 1.54) is 6.07 Å². The highest BCUT2D eigenvalue weighted by molar-refractivity contribution is 7.89. The zero-order valence-electron chi connectivity index (χ0n) is 11.9.